The minimum Gasteiger partial charge on any atom is -0.496 e. The second-order valence-corrected chi connectivity index (χ2v) is 8.11. The molecule has 0 spiro atoms. The molecule has 0 aliphatic carbocycles. The summed E-state index contributed by atoms with van der Waals surface area (Å²) in [7, 11) is 5.52. The average Bonchev–Trinajstić information content (AvgIpc) is 3.20. The van der Waals surface area contributed by atoms with Gasteiger partial charge in [-0.05, 0) is 50.8 Å². The van der Waals surface area contributed by atoms with Crippen LogP contribution in [-0.4, -0.2) is 58.3 Å². The van der Waals surface area contributed by atoms with Crippen molar-refractivity contribution >= 4 is 28.4 Å². The van der Waals surface area contributed by atoms with E-state index in [-0.39, 0.29) is 5.91 Å². The number of ether oxygens (including phenoxy) is 1. The first kappa shape index (κ1) is 22.9. The van der Waals surface area contributed by atoms with Gasteiger partial charge in [0.15, 0.2) is 5.65 Å². The Hall–Kier alpha value is -4.24. The fourth-order valence-corrected chi connectivity index (χ4v) is 3.59. The summed E-state index contributed by atoms with van der Waals surface area (Å²) in [5.41, 5.74) is 10.7. The van der Waals surface area contributed by atoms with Gasteiger partial charge < -0.3 is 20.7 Å². The average molecular weight is 458 g/mol. The topological polar surface area (TPSA) is 111 Å². The molecule has 0 aliphatic rings. The van der Waals surface area contributed by atoms with Crippen molar-refractivity contribution in [3.8, 4) is 22.7 Å². The Morgan fingerprint density at radius 2 is 2.03 bits per heavy atom. The number of rotatable bonds is 7. The zero-order valence-corrected chi connectivity index (χ0v) is 19.6. The molecule has 0 saturated heterocycles. The van der Waals surface area contributed by atoms with E-state index in [9.17, 15) is 4.79 Å². The van der Waals surface area contributed by atoms with Crippen LogP contribution >= 0.6 is 0 Å². The highest BCUT2D eigenvalue weighted by Crippen LogP contribution is 2.34. The van der Waals surface area contributed by atoms with Gasteiger partial charge in [-0.3, -0.25) is 4.79 Å². The van der Waals surface area contributed by atoms with Gasteiger partial charge in [-0.25, -0.2) is 14.6 Å². The lowest BCUT2D eigenvalue weighted by Crippen LogP contribution is -2.13. The monoisotopic (exact) mass is 457 g/mol. The molecule has 0 radical (unpaired) electrons. The predicted octanol–water partition coefficient (Wildman–Crippen LogP) is 3.44. The van der Waals surface area contributed by atoms with Gasteiger partial charge >= 0.3 is 0 Å². The van der Waals surface area contributed by atoms with E-state index in [0.717, 1.165) is 22.6 Å². The molecule has 0 fully saturated rings. The number of nitrogens with two attached hydrogens (primary N) is 1. The maximum Gasteiger partial charge on any atom is 0.248 e. The Bertz CT molecular complexity index is 1380. The minimum atomic E-state index is -0.205. The second-order valence-electron chi connectivity index (χ2n) is 8.11. The number of anilines is 2. The molecule has 3 N–H and O–H groups in total. The SMILES string of the molecule is COc1cc(-c2nn(-c3cccc(NC(=O)C=CCN(C)C)c3)c3ncnc(N)c23)ccc1C. The molecular weight excluding hydrogens is 430 g/mol. The number of amides is 1. The van der Waals surface area contributed by atoms with Gasteiger partial charge in [-0.1, -0.05) is 24.3 Å². The summed E-state index contributed by atoms with van der Waals surface area (Å²) in [4.78, 5) is 22.9. The van der Waals surface area contributed by atoms with Crippen LogP contribution in [0.4, 0.5) is 11.5 Å². The summed E-state index contributed by atoms with van der Waals surface area (Å²) < 4.78 is 7.19. The zero-order chi connectivity index (χ0) is 24.2. The van der Waals surface area contributed by atoms with Crippen LogP contribution in [0.15, 0.2) is 60.9 Å². The van der Waals surface area contributed by atoms with Crippen molar-refractivity contribution in [3.05, 3.63) is 66.5 Å². The molecule has 34 heavy (non-hydrogen) atoms. The highest BCUT2D eigenvalue weighted by Gasteiger charge is 2.19. The lowest BCUT2D eigenvalue weighted by molar-refractivity contribution is -0.111. The molecule has 0 bridgehead atoms. The quantitative estimate of drug-likeness (QED) is 0.409. The summed E-state index contributed by atoms with van der Waals surface area (Å²) in [6, 6.07) is 13.3. The standard InChI is InChI=1S/C25H27N7O2/c1-16-10-11-17(13-20(16)34-4)23-22-24(26)27-15-28-25(22)32(30-23)19-8-5-7-18(14-19)29-21(33)9-6-12-31(2)3/h5-11,13-15H,12H2,1-4H3,(H,29,33)(H2,26,27,28). The number of likely N-dealkylation sites (N-methyl/N-ethyl adjacent to an activating group) is 1. The Morgan fingerprint density at radius 3 is 2.79 bits per heavy atom. The van der Waals surface area contributed by atoms with Crippen molar-refractivity contribution in [2.75, 3.05) is 38.8 Å². The van der Waals surface area contributed by atoms with Gasteiger partial charge in [-0.2, -0.15) is 5.10 Å². The highest BCUT2D eigenvalue weighted by atomic mass is 16.5. The van der Waals surface area contributed by atoms with Crippen molar-refractivity contribution < 1.29 is 9.53 Å². The normalized spacial score (nSPS) is 11.4. The van der Waals surface area contributed by atoms with Gasteiger partial charge in [0.05, 0.1) is 18.2 Å². The second kappa shape index (κ2) is 9.72. The molecular formula is C25H27N7O2. The van der Waals surface area contributed by atoms with Crippen LogP contribution in [0.5, 0.6) is 5.75 Å². The zero-order valence-electron chi connectivity index (χ0n) is 19.6. The van der Waals surface area contributed by atoms with Gasteiger partial charge in [0.2, 0.25) is 5.91 Å². The molecule has 9 heteroatoms. The number of hydrogen-bond donors (Lipinski definition) is 2. The number of aryl methyl sites for hydroxylation is 1. The molecule has 0 unspecified atom stereocenters. The predicted molar refractivity (Wildman–Crippen MR) is 134 cm³/mol. The van der Waals surface area contributed by atoms with Gasteiger partial charge in [0, 0.05) is 23.9 Å². The number of hydrogen-bond acceptors (Lipinski definition) is 7. The lowest BCUT2D eigenvalue weighted by Gasteiger charge is -2.08. The number of methoxy groups -OCH3 is 1. The molecule has 0 saturated carbocycles. The Morgan fingerprint density at radius 1 is 1.21 bits per heavy atom. The number of carbonyl (C=O) groups is 1. The van der Waals surface area contributed by atoms with Crippen molar-refractivity contribution in [3.63, 3.8) is 0 Å². The van der Waals surface area contributed by atoms with Crippen molar-refractivity contribution in [2.24, 2.45) is 0 Å². The number of aromatic nitrogens is 4. The van der Waals surface area contributed by atoms with E-state index < -0.39 is 0 Å². The van der Waals surface area contributed by atoms with E-state index in [1.807, 2.05) is 74.5 Å². The van der Waals surface area contributed by atoms with E-state index >= 15 is 0 Å². The molecule has 4 rings (SSSR count). The number of nitrogen functional groups attached to an aromatic ring is 1. The summed E-state index contributed by atoms with van der Waals surface area (Å²) >= 11 is 0. The van der Waals surface area contributed by atoms with Crippen LogP contribution in [0.2, 0.25) is 0 Å². The number of carbonyl (C=O) groups excluding carboxylic acids is 1. The number of fused-ring (bicyclic) bond motifs is 1. The molecule has 4 aromatic rings. The molecule has 0 atom stereocenters. The number of nitrogens with zero attached hydrogens (tertiary/aromatic N) is 5. The number of nitrogens with one attached hydrogen (secondary N) is 1. The first-order chi connectivity index (χ1) is 16.4. The first-order valence-electron chi connectivity index (χ1n) is 10.7. The first-order valence-corrected chi connectivity index (χ1v) is 10.7. The van der Waals surface area contributed by atoms with Crippen LogP contribution < -0.4 is 15.8 Å². The van der Waals surface area contributed by atoms with Crippen LogP contribution in [0, 0.1) is 6.92 Å². The Balaban J connectivity index is 1.75. The maximum absolute atomic E-state index is 12.3. The largest absolute Gasteiger partial charge is 0.496 e. The van der Waals surface area contributed by atoms with E-state index in [2.05, 4.69) is 15.3 Å². The van der Waals surface area contributed by atoms with Gasteiger partial charge in [0.25, 0.3) is 0 Å². The Labute approximate surface area is 197 Å². The Kier molecular flexibility index (Phi) is 6.55. The maximum atomic E-state index is 12.3. The van der Waals surface area contributed by atoms with Gasteiger partial charge in [0.1, 0.15) is 23.6 Å². The fraction of sp³-hybridized carbons (Fsp3) is 0.200. The van der Waals surface area contributed by atoms with Crippen LogP contribution in [-0.2, 0) is 4.79 Å². The third-order valence-corrected chi connectivity index (χ3v) is 5.27. The molecule has 2 heterocycles. The number of benzene rings is 2. The summed E-state index contributed by atoms with van der Waals surface area (Å²) in [6.45, 7) is 2.66. The molecule has 2 aromatic heterocycles. The highest BCUT2D eigenvalue weighted by molar-refractivity contribution is 6.00. The van der Waals surface area contributed by atoms with Crippen LogP contribution in [0.1, 0.15) is 5.56 Å². The smallest absolute Gasteiger partial charge is 0.248 e. The lowest BCUT2D eigenvalue weighted by atomic mass is 10.1. The molecule has 0 aliphatic heterocycles. The molecule has 174 valence electrons. The van der Waals surface area contributed by atoms with Crippen LogP contribution in [0.3, 0.4) is 0 Å². The van der Waals surface area contributed by atoms with Crippen molar-refractivity contribution in [1.29, 1.82) is 0 Å². The van der Waals surface area contributed by atoms with E-state index in [1.54, 1.807) is 11.8 Å². The molecule has 9 nitrogen and oxygen atoms in total. The van der Waals surface area contributed by atoms with E-state index in [0.29, 0.717) is 34.8 Å². The fourth-order valence-electron chi connectivity index (χ4n) is 3.59. The van der Waals surface area contributed by atoms with Crippen LogP contribution in [0.25, 0.3) is 28.0 Å². The summed E-state index contributed by atoms with van der Waals surface area (Å²) in [6.07, 6.45) is 4.74. The third kappa shape index (κ3) is 4.74. The summed E-state index contributed by atoms with van der Waals surface area (Å²) in [5.74, 6) is 0.882. The van der Waals surface area contributed by atoms with E-state index in [1.165, 1.54) is 12.4 Å². The minimum absolute atomic E-state index is 0.205. The third-order valence-electron chi connectivity index (χ3n) is 5.27. The summed E-state index contributed by atoms with van der Waals surface area (Å²) in [5, 5.41) is 8.36. The van der Waals surface area contributed by atoms with Crippen molar-refractivity contribution in [1.82, 2.24) is 24.6 Å². The molecule has 1 amide bonds. The van der Waals surface area contributed by atoms with Crippen molar-refractivity contribution in [2.45, 2.75) is 6.92 Å². The van der Waals surface area contributed by atoms with Gasteiger partial charge in [-0.15, -0.1) is 0 Å². The molecule has 2 aromatic carbocycles. The van der Waals surface area contributed by atoms with E-state index in [4.69, 9.17) is 15.6 Å².